The van der Waals surface area contributed by atoms with E-state index in [2.05, 4.69) is 25.2 Å². The highest BCUT2D eigenvalue weighted by Crippen LogP contribution is 2.20. The number of nitrogens with one attached hydrogen (secondary N) is 3. The Labute approximate surface area is 242 Å². The largest absolute Gasteiger partial charge is 0.483 e. The number of anilines is 2. The van der Waals surface area contributed by atoms with E-state index in [9.17, 15) is 24.0 Å². The number of amides is 5. The summed E-state index contributed by atoms with van der Waals surface area (Å²) in [6.07, 6.45) is 3.22. The van der Waals surface area contributed by atoms with E-state index in [1.54, 1.807) is 50.2 Å². The first-order valence-corrected chi connectivity index (χ1v) is 13.8. The van der Waals surface area contributed by atoms with E-state index in [0.29, 0.717) is 16.9 Å². The Morgan fingerprint density at radius 2 is 1.41 bits per heavy atom. The van der Waals surface area contributed by atoms with Crippen LogP contribution in [0, 0.1) is 5.92 Å². The third-order valence-electron chi connectivity index (χ3n) is 5.53. The molecule has 0 aromatic heterocycles. The Kier molecular flexibility index (Phi) is 15.3. The van der Waals surface area contributed by atoms with Gasteiger partial charge >= 0.3 is 0 Å². The lowest BCUT2D eigenvalue weighted by Crippen LogP contribution is -2.51. The Morgan fingerprint density at radius 1 is 0.902 bits per heavy atom. The molecule has 0 spiro atoms. The highest BCUT2D eigenvalue weighted by atomic mass is 31.0. The second-order valence-corrected chi connectivity index (χ2v) is 9.16. The topological polar surface area (TPSA) is 162 Å². The van der Waals surface area contributed by atoms with Crippen LogP contribution in [0.3, 0.4) is 0 Å². The second kappa shape index (κ2) is 18.1. The number of carbonyl (C=O) groups is 6. The molecular weight excluding hydrogens is 547 g/mol. The van der Waals surface area contributed by atoms with Crippen LogP contribution in [0.4, 0.5) is 11.4 Å². The molecule has 1 aliphatic heterocycles. The van der Waals surface area contributed by atoms with Crippen LogP contribution in [0.15, 0.2) is 60.7 Å². The van der Waals surface area contributed by atoms with Gasteiger partial charge in [0.2, 0.25) is 17.7 Å². The monoisotopic (exact) mass is 584 g/mol. The number of nitrogens with zero attached hydrogens (tertiary/aromatic N) is 1. The summed E-state index contributed by atoms with van der Waals surface area (Å²) >= 11 is 0. The summed E-state index contributed by atoms with van der Waals surface area (Å²) < 4.78 is 0. The van der Waals surface area contributed by atoms with Crippen molar-refractivity contribution in [3.63, 3.8) is 0 Å². The molecule has 5 amide bonds. The minimum absolute atomic E-state index is 0.00364. The molecule has 2 aromatic carbocycles. The Balaban J connectivity index is 0.00000157. The van der Waals surface area contributed by atoms with E-state index in [1.807, 2.05) is 26.0 Å². The molecule has 1 heterocycles. The van der Waals surface area contributed by atoms with Crippen molar-refractivity contribution in [1.29, 1.82) is 0 Å². The average molecular weight is 585 g/mol. The van der Waals surface area contributed by atoms with Crippen LogP contribution in [0.25, 0.3) is 0 Å². The van der Waals surface area contributed by atoms with Crippen molar-refractivity contribution in [3.8, 4) is 0 Å². The summed E-state index contributed by atoms with van der Waals surface area (Å²) in [6.45, 7) is 7.11. The molecule has 0 saturated carbocycles. The summed E-state index contributed by atoms with van der Waals surface area (Å²) in [5.74, 6) is -2.25. The molecule has 4 N–H and O–H groups in total. The molecule has 11 nitrogen and oxygen atoms in total. The minimum atomic E-state index is -0.822. The van der Waals surface area contributed by atoms with Crippen LogP contribution in [0.2, 0.25) is 0 Å². The zero-order valence-electron chi connectivity index (χ0n) is 23.5. The van der Waals surface area contributed by atoms with E-state index in [4.69, 9.17) is 9.90 Å². The lowest BCUT2D eigenvalue weighted by atomic mass is 10.0. The number of carbonyl (C=O) groups excluding carboxylic acids is 5. The maximum absolute atomic E-state index is 12.7. The fourth-order valence-electron chi connectivity index (χ4n) is 3.57. The lowest BCUT2D eigenvalue weighted by Gasteiger charge is -2.22. The molecule has 2 atom stereocenters. The van der Waals surface area contributed by atoms with E-state index in [1.165, 1.54) is 12.2 Å². The van der Waals surface area contributed by atoms with Crippen molar-refractivity contribution in [2.24, 2.45) is 5.92 Å². The maximum Gasteiger partial charge on any atom is 0.290 e. The fourth-order valence-corrected chi connectivity index (χ4v) is 3.84. The van der Waals surface area contributed by atoms with Gasteiger partial charge in [0.05, 0.1) is 18.7 Å². The number of benzene rings is 2. The Morgan fingerprint density at radius 3 is 1.90 bits per heavy atom. The molecule has 41 heavy (non-hydrogen) atoms. The maximum atomic E-state index is 12.7. The van der Waals surface area contributed by atoms with E-state index >= 15 is 0 Å². The van der Waals surface area contributed by atoms with Crippen molar-refractivity contribution in [3.05, 3.63) is 71.8 Å². The van der Waals surface area contributed by atoms with Crippen LogP contribution in [0.1, 0.15) is 38.8 Å². The predicted molar refractivity (Wildman–Crippen MR) is 160 cm³/mol. The zero-order valence-corrected chi connectivity index (χ0v) is 24.7. The first kappa shape index (κ1) is 34.7. The zero-order chi connectivity index (χ0) is 30.9. The average Bonchev–Trinajstić information content (AvgIpc) is 3.30. The van der Waals surface area contributed by atoms with Gasteiger partial charge in [-0.1, -0.05) is 52.0 Å². The molecule has 0 radical (unpaired) electrons. The molecule has 0 saturated heterocycles. The highest BCUT2D eigenvalue weighted by molar-refractivity contribution is 7.15. The molecule has 0 aliphatic carbocycles. The molecule has 0 bridgehead atoms. The SMILES string of the molecule is CC.CC(C)C(NC(=O)Cc1ccc(N2C(=O)C=CC2=O)cc1)C(=O)NCC(=O)Nc1ccc(CP)cc1.O=CO. The molecular formula is C29H37N4O7P. The van der Waals surface area contributed by atoms with E-state index in [-0.39, 0.29) is 37.2 Å². The fraction of sp³-hybridized carbons (Fsp3) is 0.310. The van der Waals surface area contributed by atoms with Gasteiger partial charge in [-0.3, -0.25) is 28.8 Å². The number of rotatable bonds is 10. The van der Waals surface area contributed by atoms with Crippen LogP contribution in [-0.4, -0.2) is 53.7 Å². The Hall–Kier alpha value is -4.37. The van der Waals surface area contributed by atoms with E-state index in [0.717, 1.165) is 16.6 Å². The lowest BCUT2D eigenvalue weighted by molar-refractivity contribution is -0.130. The number of imide groups is 1. The predicted octanol–water partition coefficient (Wildman–Crippen LogP) is 2.66. The van der Waals surface area contributed by atoms with Gasteiger partial charge in [0.15, 0.2) is 0 Å². The molecule has 2 unspecified atom stereocenters. The number of carboxylic acid groups (broad SMARTS) is 1. The summed E-state index contributed by atoms with van der Waals surface area (Å²) in [6, 6.07) is 13.0. The molecule has 3 rings (SSSR count). The van der Waals surface area contributed by atoms with Crippen LogP contribution >= 0.6 is 9.24 Å². The summed E-state index contributed by atoms with van der Waals surface area (Å²) in [5, 5.41) is 14.9. The van der Waals surface area contributed by atoms with Crippen LogP contribution in [-0.2, 0) is 41.3 Å². The molecule has 220 valence electrons. The third kappa shape index (κ3) is 11.3. The first-order valence-electron chi connectivity index (χ1n) is 13.0. The van der Waals surface area contributed by atoms with Gasteiger partial charge in [0.25, 0.3) is 18.3 Å². The quantitative estimate of drug-likeness (QED) is 0.190. The first-order chi connectivity index (χ1) is 19.6. The number of hydrogen-bond acceptors (Lipinski definition) is 6. The smallest absolute Gasteiger partial charge is 0.290 e. The van der Waals surface area contributed by atoms with Crippen molar-refractivity contribution in [2.45, 2.75) is 46.3 Å². The van der Waals surface area contributed by atoms with Gasteiger partial charge in [-0.05, 0) is 47.5 Å². The summed E-state index contributed by atoms with van der Waals surface area (Å²) in [4.78, 5) is 70.5. The third-order valence-corrected chi connectivity index (χ3v) is 6.00. The highest BCUT2D eigenvalue weighted by Gasteiger charge is 2.26. The Bertz CT molecular complexity index is 1210. The molecule has 0 fully saturated rings. The van der Waals surface area contributed by atoms with Gasteiger partial charge in [-0.25, -0.2) is 4.90 Å². The van der Waals surface area contributed by atoms with Gasteiger partial charge < -0.3 is 21.1 Å². The van der Waals surface area contributed by atoms with Crippen molar-refractivity contribution >= 4 is 56.6 Å². The normalized spacial score (nSPS) is 12.4. The van der Waals surface area contributed by atoms with Crippen molar-refractivity contribution in [2.75, 3.05) is 16.8 Å². The molecule has 12 heteroatoms. The van der Waals surface area contributed by atoms with Crippen molar-refractivity contribution in [1.82, 2.24) is 10.6 Å². The summed E-state index contributed by atoms with van der Waals surface area (Å²) in [5.41, 5.74) is 2.81. The van der Waals surface area contributed by atoms with E-state index < -0.39 is 23.8 Å². The standard InChI is InChI=1S/C26H29N4O5P.C2H6.CH2O2/c1-16(2)25(26(35)27-14-22(32)28-19-7-3-18(15-36)4-8-19)29-21(31)13-17-5-9-20(10-6-17)30-23(33)11-12-24(30)34;1-2;2-1-3/h3-12,16,25H,13-15,36H2,1-2H3,(H,27,35)(H,28,32)(H,29,31);1-2H3;1H,(H,2,3). The van der Waals surface area contributed by atoms with Crippen LogP contribution in [0.5, 0.6) is 0 Å². The van der Waals surface area contributed by atoms with Gasteiger partial charge in [0.1, 0.15) is 6.04 Å². The molecule has 2 aromatic rings. The second-order valence-electron chi connectivity index (χ2n) is 8.75. The van der Waals surface area contributed by atoms with Crippen molar-refractivity contribution < 1.29 is 33.9 Å². The molecule has 1 aliphatic rings. The minimum Gasteiger partial charge on any atom is -0.483 e. The number of hydrogen-bond donors (Lipinski definition) is 4. The summed E-state index contributed by atoms with van der Waals surface area (Å²) in [7, 11) is 2.63. The van der Waals surface area contributed by atoms with Gasteiger partial charge in [-0.2, -0.15) is 0 Å². The van der Waals surface area contributed by atoms with Gasteiger partial charge in [-0.15, -0.1) is 9.24 Å². The van der Waals surface area contributed by atoms with Crippen LogP contribution < -0.4 is 20.9 Å². The van der Waals surface area contributed by atoms with Gasteiger partial charge in [0, 0.05) is 17.8 Å².